The molecule has 26 heavy (non-hydrogen) atoms. The first-order valence-electron chi connectivity index (χ1n) is 9.44. The van der Waals surface area contributed by atoms with Crippen molar-refractivity contribution in [2.45, 2.75) is 56.8 Å². The molecule has 138 valence electrons. The zero-order chi connectivity index (χ0) is 18.1. The van der Waals surface area contributed by atoms with Crippen LogP contribution in [0.5, 0.6) is 0 Å². The van der Waals surface area contributed by atoms with Gasteiger partial charge in [-0.1, -0.05) is 30.1 Å². The van der Waals surface area contributed by atoms with Gasteiger partial charge in [0, 0.05) is 13.1 Å². The van der Waals surface area contributed by atoms with Crippen LogP contribution in [0.4, 0.5) is 4.39 Å². The Kier molecular flexibility index (Phi) is 4.51. The van der Waals surface area contributed by atoms with Crippen LogP contribution in [0.3, 0.4) is 0 Å². The molecule has 1 aromatic carbocycles. The van der Waals surface area contributed by atoms with Crippen molar-refractivity contribution in [2.75, 3.05) is 13.1 Å². The van der Waals surface area contributed by atoms with Crippen LogP contribution < -0.4 is 0 Å². The van der Waals surface area contributed by atoms with E-state index in [1.807, 2.05) is 4.90 Å². The molecule has 2 aromatic rings. The summed E-state index contributed by atoms with van der Waals surface area (Å²) >= 11 is 0. The van der Waals surface area contributed by atoms with Crippen molar-refractivity contribution in [1.82, 2.24) is 15.0 Å². The maximum absolute atomic E-state index is 13.6. The quantitative estimate of drug-likeness (QED) is 0.840. The number of amides is 1. The molecule has 2 aliphatic rings. The summed E-state index contributed by atoms with van der Waals surface area (Å²) in [6, 6.07) is 6.48. The lowest BCUT2D eigenvalue weighted by Crippen LogP contribution is -2.49. The molecule has 4 rings (SSSR count). The number of piperidine rings is 1. The summed E-state index contributed by atoms with van der Waals surface area (Å²) in [5.74, 6) is 1.26. The van der Waals surface area contributed by atoms with Gasteiger partial charge in [0.1, 0.15) is 5.82 Å². The highest BCUT2D eigenvalue weighted by Gasteiger charge is 2.46. The molecule has 1 aliphatic carbocycles. The Morgan fingerprint density at radius 2 is 1.96 bits per heavy atom. The molecule has 0 spiro atoms. The van der Waals surface area contributed by atoms with E-state index in [9.17, 15) is 9.18 Å². The van der Waals surface area contributed by atoms with Gasteiger partial charge in [0.2, 0.25) is 11.8 Å². The Morgan fingerprint density at radius 1 is 1.23 bits per heavy atom. The second-order valence-electron chi connectivity index (χ2n) is 7.57. The monoisotopic (exact) mass is 357 g/mol. The molecule has 1 atom stereocenters. The van der Waals surface area contributed by atoms with Crippen LogP contribution in [0.25, 0.3) is 0 Å². The summed E-state index contributed by atoms with van der Waals surface area (Å²) in [4.78, 5) is 19.9. The average Bonchev–Trinajstić information content (AvgIpc) is 3.32. The first-order chi connectivity index (χ1) is 12.6. The van der Waals surface area contributed by atoms with E-state index in [1.165, 1.54) is 12.1 Å². The molecule has 5 nitrogen and oxygen atoms in total. The van der Waals surface area contributed by atoms with Crippen LogP contribution >= 0.6 is 0 Å². The third kappa shape index (κ3) is 3.02. The zero-order valence-corrected chi connectivity index (χ0v) is 15.1. The summed E-state index contributed by atoms with van der Waals surface area (Å²) < 4.78 is 18.7. The Labute approximate surface area is 152 Å². The number of likely N-dealkylation sites (tertiary alicyclic amines) is 1. The van der Waals surface area contributed by atoms with Gasteiger partial charge in [0.05, 0.1) is 11.3 Å². The first kappa shape index (κ1) is 17.2. The van der Waals surface area contributed by atoms with Gasteiger partial charge in [-0.2, -0.15) is 4.98 Å². The Balaban J connectivity index is 1.58. The van der Waals surface area contributed by atoms with Crippen LogP contribution in [-0.2, 0) is 10.2 Å². The van der Waals surface area contributed by atoms with Gasteiger partial charge in [-0.15, -0.1) is 0 Å². The highest BCUT2D eigenvalue weighted by Crippen LogP contribution is 2.43. The molecule has 0 unspecified atom stereocenters. The van der Waals surface area contributed by atoms with Gasteiger partial charge in [0.15, 0.2) is 5.82 Å². The normalized spacial score (nSPS) is 22.5. The highest BCUT2D eigenvalue weighted by atomic mass is 19.1. The molecule has 0 N–H and O–H groups in total. The van der Waals surface area contributed by atoms with Crippen molar-refractivity contribution in [1.29, 1.82) is 0 Å². The molecule has 1 aromatic heterocycles. The van der Waals surface area contributed by atoms with Crippen molar-refractivity contribution in [3.05, 3.63) is 47.4 Å². The maximum atomic E-state index is 13.6. The van der Waals surface area contributed by atoms with E-state index in [4.69, 9.17) is 4.52 Å². The summed E-state index contributed by atoms with van der Waals surface area (Å²) in [5, 5.41) is 3.88. The lowest BCUT2D eigenvalue weighted by atomic mass is 9.77. The van der Waals surface area contributed by atoms with Crippen molar-refractivity contribution < 1.29 is 13.7 Å². The van der Waals surface area contributed by atoms with Crippen molar-refractivity contribution in [3.8, 4) is 0 Å². The zero-order valence-electron chi connectivity index (χ0n) is 15.1. The van der Waals surface area contributed by atoms with Gasteiger partial charge in [-0.05, 0) is 50.3 Å². The largest absolute Gasteiger partial charge is 0.341 e. The van der Waals surface area contributed by atoms with E-state index in [-0.39, 0.29) is 17.6 Å². The standard InChI is InChI=1S/C20H24FN3O2/c1-14-22-18(26-23-14)15-5-4-12-24(13-15)19(25)20(10-2-3-11-20)16-6-8-17(21)9-7-16/h6-9,15H,2-5,10-13H2,1H3/t15-/m0/s1. The number of carbonyl (C=O) groups excluding carboxylic acids is 1. The number of aryl methyl sites for hydroxylation is 1. The van der Waals surface area contributed by atoms with E-state index in [1.54, 1.807) is 19.1 Å². The van der Waals surface area contributed by atoms with Gasteiger partial charge in [0.25, 0.3) is 0 Å². The molecule has 1 amide bonds. The number of nitrogens with zero attached hydrogens (tertiary/aromatic N) is 3. The molecule has 1 saturated carbocycles. The minimum Gasteiger partial charge on any atom is -0.341 e. The molecule has 6 heteroatoms. The predicted molar refractivity (Wildman–Crippen MR) is 94.1 cm³/mol. The summed E-state index contributed by atoms with van der Waals surface area (Å²) in [5.41, 5.74) is 0.428. The average molecular weight is 357 g/mol. The summed E-state index contributed by atoms with van der Waals surface area (Å²) in [7, 11) is 0. The van der Waals surface area contributed by atoms with Crippen LogP contribution in [0.15, 0.2) is 28.8 Å². The SMILES string of the molecule is Cc1noc([C@H]2CCCN(C(=O)C3(c4ccc(F)cc4)CCCC3)C2)n1. The minimum absolute atomic E-state index is 0.0978. The van der Waals surface area contributed by atoms with Crippen LogP contribution in [-0.4, -0.2) is 34.0 Å². The number of carbonyl (C=O) groups is 1. The molecular weight excluding hydrogens is 333 g/mol. The molecule has 2 fully saturated rings. The second kappa shape index (κ2) is 6.82. The molecular formula is C20H24FN3O2. The third-order valence-electron chi connectivity index (χ3n) is 5.86. The lowest BCUT2D eigenvalue weighted by Gasteiger charge is -2.38. The van der Waals surface area contributed by atoms with Gasteiger partial charge < -0.3 is 9.42 Å². The molecule has 0 bridgehead atoms. The van der Waals surface area contributed by atoms with Gasteiger partial charge in [-0.3, -0.25) is 4.79 Å². The molecule has 1 saturated heterocycles. The fourth-order valence-electron chi connectivity index (χ4n) is 4.52. The minimum atomic E-state index is -0.514. The molecule has 0 radical (unpaired) electrons. The number of aromatic nitrogens is 2. The smallest absolute Gasteiger partial charge is 0.233 e. The fraction of sp³-hybridized carbons (Fsp3) is 0.550. The van der Waals surface area contributed by atoms with Gasteiger partial charge >= 0.3 is 0 Å². The summed E-state index contributed by atoms with van der Waals surface area (Å²) in [6.45, 7) is 3.18. The van der Waals surface area contributed by atoms with Crippen molar-refractivity contribution >= 4 is 5.91 Å². The Bertz CT molecular complexity index is 781. The first-order valence-corrected chi connectivity index (χ1v) is 9.44. The van der Waals surface area contributed by atoms with Gasteiger partial charge in [-0.25, -0.2) is 4.39 Å². The Morgan fingerprint density at radius 3 is 2.62 bits per heavy atom. The number of halogens is 1. The van der Waals surface area contributed by atoms with Crippen LogP contribution in [0, 0.1) is 12.7 Å². The number of hydrogen-bond donors (Lipinski definition) is 0. The van der Waals surface area contributed by atoms with E-state index >= 15 is 0 Å². The maximum Gasteiger partial charge on any atom is 0.233 e. The topological polar surface area (TPSA) is 59.2 Å². The summed E-state index contributed by atoms with van der Waals surface area (Å²) in [6.07, 6.45) is 5.61. The van der Waals surface area contributed by atoms with Crippen molar-refractivity contribution in [3.63, 3.8) is 0 Å². The van der Waals surface area contributed by atoms with E-state index < -0.39 is 5.41 Å². The number of rotatable bonds is 3. The number of hydrogen-bond acceptors (Lipinski definition) is 4. The lowest BCUT2D eigenvalue weighted by molar-refractivity contribution is -0.138. The Hall–Kier alpha value is -2.24. The van der Waals surface area contributed by atoms with Crippen LogP contribution in [0.1, 0.15) is 61.7 Å². The highest BCUT2D eigenvalue weighted by molar-refractivity contribution is 5.88. The molecule has 1 aliphatic heterocycles. The van der Waals surface area contributed by atoms with Crippen molar-refractivity contribution in [2.24, 2.45) is 0 Å². The third-order valence-corrected chi connectivity index (χ3v) is 5.86. The second-order valence-corrected chi connectivity index (χ2v) is 7.57. The predicted octanol–water partition coefficient (Wildman–Crippen LogP) is 3.74. The van der Waals surface area contributed by atoms with Crippen LogP contribution in [0.2, 0.25) is 0 Å². The van der Waals surface area contributed by atoms with E-state index in [0.29, 0.717) is 18.3 Å². The van der Waals surface area contributed by atoms with E-state index in [2.05, 4.69) is 10.1 Å². The number of benzene rings is 1. The fourth-order valence-corrected chi connectivity index (χ4v) is 4.52. The molecule has 2 heterocycles. The van der Waals surface area contributed by atoms with E-state index in [0.717, 1.165) is 50.6 Å².